The van der Waals surface area contributed by atoms with Crippen LogP contribution in [-0.4, -0.2) is 16.0 Å². The molecule has 1 aromatic heterocycles. The zero-order valence-electron chi connectivity index (χ0n) is 12.7. The van der Waals surface area contributed by atoms with Gasteiger partial charge in [-0.1, -0.05) is 46.6 Å². The first-order valence-corrected chi connectivity index (χ1v) is 7.54. The Bertz CT molecular complexity index is 875. The molecule has 0 atom stereocenters. The Morgan fingerprint density at radius 3 is 2.83 bits per heavy atom. The average Bonchev–Trinajstić information content (AvgIpc) is 3.02. The third-order valence-electron chi connectivity index (χ3n) is 3.33. The van der Waals surface area contributed by atoms with Crippen molar-refractivity contribution in [2.24, 2.45) is 0 Å². The van der Waals surface area contributed by atoms with E-state index in [-0.39, 0.29) is 23.0 Å². The number of hydrogen-bond acceptors (Lipinski definition) is 4. The number of aromatic nitrogens is 2. The molecule has 1 N–H and O–H groups in total. The summed E-state index contributed by atoms with van der Waals surface area (Å²) >= 11 is 5.85. The highest BCUT2D eigenvalue weighted by Gasteiger charge is 2.17. The summed E-state index contributed by atoms with van der Waals surface area (Å²) in [6, 6.07) is 11.7. The van der Waals surface area contributed by atoms with Crippen molar-refractivity contribution >= 4 is 17.5 Å². The maximum absolute atomic E-state index is 13.7. The van der Waals surface area contributed by atoms with Gasteiger partial charge in [-0.15, -0.1) is 0 Å². The molecule has 1 heterocycles. The standard InChI is InChI=1S/C17H13ClFN3O2/c1-10-4-2-5-11(8-10)16-21-14(24-22-16)9-20-17(23)15-12(18)6-3-7-13(15)19/h2-8H,9H2,1H3,(H,20,23). The second kappa shape index (κ2) is 6.80. The van der Waals surface area contributed by atoms with E-state index in [1.807, 2.05) is 31.2 Å². The van der Waals surface area contributed by atoms with Crippen molar-refractivity contribution in [3.8, 4) is 11.4 Å². The average molecular weight is 346 g/mol. The van der Waals surface area contributed by atoms with Crippen LogP contribution in [0.1, 0.15) is 21.8 Å². The van der Waals surface area contributed by atoms with Crippen LogP contribution in [-0.2, 0) is 6.54 Å². The van der Waals surface area contributed by atoms with E-state index in [0.29, 0.717) is 5.82 Å². The number of nitrogens with zero attached hydrogens (tertiary/aromatic N) is 2. The van der Waals surface area contributed by atoms with Crippen LogP contribution in [0, 0.1) is 12.7 Å². The molecule has 2 aromatic carbocycles. The van der Waals surface area contributed by atoms with Gasteiger partial charge in [-0.25, -0.2) is 4.39 Å². The topological polar surface area (TPSA) is 68.0 Å². The smallest absolute Gasteiger partial charge is 0.256 e. The molecule has 0 spiro atoms. The van der Waals surface area contributed by atoms with Crippen LogP contribution in [0.15, 0.2) is 47.0 Å². The molecule has 24 heavy (non-hydrogen) atoms. The monoisotopic (exact) mass is 345 g/mol. The fraction of sp³-hybridized carbons (Fsp3) is 0.118. The molecular formula is C17H13ClFN3O2. The van der Waals surface area contributed by atoms with E-state index < -0.39 is 11.7 Å². The lowest BCUT2D eigenvalue weighted by atomic mass is 10.1. The fourth-order valence-corrected chi connectivity index (χ4v) is 2.44. The molecule has 0 aliphatic carbocycles. The van der Waals surface area contributed by atoms with Gasteiger partial charge in [-0.2, -0.15) is 4.98 Å². The first-order valence-electron chi connectivity index (χ1n) is 7.16. The first-order chi connectivity index (χ1) is 11.5. The van der Waals surface area contributed by atoms with Crippen molar-refractivity contribution in [2.45, 2.75) is 13.5 Å². The van der Waals surface area contributed by atoms with Crippen LogP contribution < -0.4 is 5.32 Å². The van der Waals surface area contributed by atoms with Gasteiger partial charge in [-0.3, -0.25) is 4.79 Å². The first kappa shape index (κ1) is 16.1. The number of halogens is 2. The molecule has 0 bridgehead atoms. The van der Waals surface area contributed by atoms with Crippen LogP contribution in [0.3, 0.4) is 0 Å². The molecule has 3 aromatic rings. The lowest BCUT2D eigenvalue weighted by Gasteiger charge is -2.05. The van der Waals surface area contributed by atoms with E-state index in [1.165, 1.54) is 18.2 Å². The zero-order chi connectivity index (χ0) is 17.1. The number of aryl methyl sites for hydroxylation is 1. The van der Waals surface area contributed by atoms with Crippen LogP contribution in [0.2, 0.25) is 5.02 Å². The molecule has 7 heteroatoms. The number of rotatable bonds is 4. The van der Waals surface area contributed by atoms with Crippen molar-refractivity contribution in [1.29, 1.82) is 0 Å². The van der Waals surface area contributed by atoms with Crippen molar-refractivity contribution < 1.29 is 13.7 Å². The largest absolute Gasteiger partial charge is 0.343 e. The Morgan fingerprint density at radius 2 is 2.08 bits per heavy atom. The summed E-state index contributed by atoms with van der Waals surface area (Å²) in [5, 5.41) is 6.43. The van der Waals surface area contributed by atoms with Crippen molar-refractivity contribution in [3.05, 3.63) is 70.3 Å². The predicted octanol–water partition coefficient (Wildman–Crippen LogP) is 3.77. The van der Waals surface area contributed by atoms with Gasteiger partial charge >= 0.3 is 0 Å². The molecular weight excluding hydrogens is 333 g/mol. The van der Waals surface area contributed by atoms with Gasteiger partial charge in [-0.05, 0) is 25.1 Å². The van der Waals surface area contributed by atoms with Gasteiger partial charge in [0.15, 0.2) is 0 Å². The molecule has 3 rings (SSSR count). The van der Waals surface area contributed by atoms with E-state index in [4.69, 9.17) is 16.1 Å². The number of amides is 1. The molecule has 0 aliphatic rings. The molecule has 0 aliphatic heterocycles. The molecule has 1 amide bonds. The van der Waals surface area contributed by atoms with E-state index in [1.54, 1.807) is 0 Å². The van der Waals surface area contributed by atoms with Gasteiger partial charge in [0.05, 0.1) is 17.1 Å². The predicted molar refractivity (Wildman–Crippen MR) is 87.1 cm³/mol. The van der Waals surface area contributed by atoms with Crippen molar-refractivity contribution in [1.82, 2.24) is 15.5 Å². The van der Waals surface area contributed by atoms with E-state index in [0.717, 1.165) is 11.1 Å². The van der Waals surface area contributed by atoms with Crippen LogP contribution in [0.5, 0.6) is 0 Å². The lowest BCUT2D eigenvalue weighted by molar-refractivity contribution is 0.0942. The number of nitrogens with one attached hydrogen (secondary N) is 1. The summed E-state index contributed by atoms with van der Waals surface area (Å²) in [6.07, 6.45) is 0. The Balaban J connectivity index is 1.71. The minimum Gasteiger partial charge on any atom is -0.343 e. The third-order valence-corrected chi connectivity index (χ3v) is 3.65. The number of carbonyl (C=O) groups excluding carboxylic acids is 1. The molecule has 0 saturated heterocycles. The summed E-state index contributed by atoms with van der Waals surface area (Å²) in [7, 11) is 0. The van der Waals surface area contributed by atoms with Gasteiger partial charge in [0.25, 0.3) is 5.91 Å². The number of benzene rings is 2. The van der Waals surface area contributed by atoms with E-state index in [9.17, 15) is 9.18 Å². The van der Waals surface area contributed by atoms with Crippen LogP contribution in [0.25, 0.3) is 11.4 Å². The van der Waals surface area contributed by atoms with Gasteiger partial charge < -0.3 is 9.84 Å². The second-order valence-electron chi connectivity index (χ2n) is 5.16. The Hall–Kier alpha value is -2.73. The quantitative estimate of drug-likeness (QED) is 0.781. The summed E-state index contributed by atoms with van der Waals surface area (Å²) < 4.78 is 18.8. The summed E-state index contributed by atoms with van der Waals surface area (Å²) in [4.78, 5) is 16.3. The summed E-state index contributed by atoms with van der Waals surface area (Å²) in [6.45, 7) is 1.94. The molecule has 0 fully saturated rings. The van der Waals surface area contributed by atoms with Gasteiger partial charge in [0, 0.05) is 5.56 Å². The van der Waals surface area contributed by atoms with Gasteiger partial charge in [0.2, 0.25) is 11.7 Å². The molecule has 0 unspecified atom stereocenters. The fourth-order valence-electron chi connectivity index (χ4n) is 2.19. The molecule has 0 radical (unpaired) electrons. The van der Waals surface area contributed by atoms with E-state index in [2.05, 4.69) is 15.5 Å². The van der Waals surface area contributed by atoms with Crippen molar-refractivity contribution in [3.63, 3.8) is 0 Å². The Morgan fingerprint density at radius 1 is 1.29 bits per heavy atom. The molecule has 122 valence electrons. The summed E-state index contributed by atoms with van der Waals surface area (Å²) in [5.74, 6) is -0.696. The molecule has 0 saturated carbocycles. The highest BCUT2D eigenvalue weighted by molar-refractivity contribution is 6.33. The molecule has 5 nitrogen and oxygen atoms in total. The minimum absolute atomic E-state index is 0.0255. The second-order valence-corrected chi connectivity index (χ2v) is 5.57. The Kier molecular flexibility index (Phi) is 4.57. The summed E-state index contributed by atoms with van der Waals surface area (Å²) in [5.41, 5.74) is 1.67. The van der Waals surface area contributed by atoms with E-state index >= 15 is 0 Å². The Labute approximate surface area is 142 Å². The lowest BCUT2D eigenvalue weighted by Crippen LogP contribution is -2.24. The number of carbonyl (C=O) groups is 1. The SMILES string of the molecule is Cc1cccc(-c2noc(CNC(=O)c3c(F)cccc3Cl)n2)c1. The number of hydrogen-bond donors (Lipinski definition) is 1. The maximum Gasteiger partial charge on any atom is 0.256 e. The van der Waals surface area contributed by atoms with Crippen molar-refractivity contribution in [2.75, 3.05) is 0 Å². The highest BCUT2D eigenvalue weighted by atomic mass is 35.5. The zero-order valence-corrected chi connectivity index (χ0v) is 13.5. The van der Waals surface area contributed by atoms with Crippen LogP contribution in [0.4, 0.5) is 4.39 Å². The minimum atomic E-state index is -0.689. The van der Waals surface area contributed by atoms with Crippen LogP contribution >= 0.6 is 11.6 Å². The third kappa shape index (κ3) is 3.44. The maximum atomic E-state index is 13.7. The normalized spacial score (nSPS) is 10.6. The highest BCUT2D eigenvalue weighted by Crippen LogP contribution is 2.19. The van der Waals surface area contributed by atoms with Gasteiger partial charge in [0.1, 0.15) is 5.82 Å².